The van der Waals surface area contributed by atoms with E-state index in [1.54, 1.807) is 6.92 Å². The van der Waals surface area contributed by atoms with Crippen molar-refractivity contribution in [2.75, 3.05) is 0 Å². The van der Waals surface area contributed by atoms with E-state index in [1.165, 1.54) is 15.4 Å². The molecule has 1 heterocycles. The van der Waals surface area contributed by atoms with Crippen LogP contribution in [-0.2, 0) is 13.1 Å². The highest BCUT2D eigenvalue weighted by Gasteiger charge is 2.02. The molecule has 0 amide bonds. The van der Waals surface area contributed by atoms with Gasteiger partial charge in [0.2, 0.25) is 0 Å². The summed E-state index contributed by atoms with van der Waals surface area (Å²) in [6, 6.07) is 0. The second-order valence-corrected chi connectivity index (χ2v) is 2.73. The molecule has 0 radical (unpaired) electrons. The Hall–Kier alpha value is -1.39. The van der Waals surface area contributed by atoms with Gasteiger partial charge in [0.05, 0.1) is 0 Å². The molecule has 1 aromatic heterocycles. The van der Waals surface area contributed by atoms with Crippen molar-refractivity contribution >= 4 is 0 Å². The third kappa shape index (κ3) is 1.85. The lowest BCUT2D eigenvalue weighted by atomic mass is 10.5. The first-order valence-corrected chi connectivity index (χ1v) is 4.37. The smallest absolute Gasteiger partial charge is 0.267 e. The van der Waals surface area contributed by atoms with Gasteiger partial charge < -0.3 is 0 Å². The summed E-state index contributed by atoms with van der Waals surface area (Å²) in [6.45, 7) is 4.66. The normalized spacial score (nSPS) is 10.3. The highest BCUT2D eigenvalue weighted by atomic mass is 16.2. The molecule has 0 atom stereocenters. The average molecular weight is 183 g/mol. The Morgan fingerprint density at radius 2 is 2.08 bits per heavy atom. The fraction of sp³-hybridized carbons (Fsp3) is 0.625. The number of rotatable bonds is 3. The Morgan fingerprint density at radius 3 is 2.62 bits per heavy atom. The zero-order chi connectivity index (χ0) is 9.84. The Labute approximate surface area is 75.6 Å². The second kappa shape index (κ2) is 4.02. The van der Waals surface area contributed by atoms with E-state index in [1.807, 2.05) is 6.92 Å². The third-order valence-electron chi connectivity index (χ3n) is 1.78. The molecular weight excluding hydrogens is 170 g/mol. The molecule has 0 saturated carbocycles. The van der Waals surface area contributed by atoms with Crippen molar-refractivity contribution in [2.45, 2.75) is 33.4 Å². The number of hydrogen-bond donors (Lipinski definition) is 0. The first kappa shape index (κ1) is 9.70. The van der Waals surface area contributed by atoms with E-state index in [0.29, 0.717) is 13.1 Å². The maximum Gasteiger partial charge on any atom is 0.347 e. The van der Waals surface area contributed by atoms with Gasteiger partial charge in [-0.25, -0.2) is 9.48 Å². The zero-order valence-electron chi connectivity index (χ0n) is 7.86. The number of hydrogen-bond acceptors (Lipinski definition) is 3. The van der Waals surface area contributed by atoms with Gasteiger partial charge in [-0.15, -0.1) is 0 Å². The molecule has 0 unspecified atom stereocenters. The molecule has 0 N–H and O–H groups in total. The SMILES string of the molecule is CCCn1ncc(=O)n(CC)c1=O. The summed E-state index contributed by atoms with van der Waals surface area (Å²) >= 11 is 0. The number of aryl methyl sites for hydroxylation is 1. The van der Waals surface area contributed by atoms with E-state index in [-0.39, 0.29) is 11.2 Å². The molecule has 13 heavy (non-hydrogen) atoms. The summed E-state index contributed by atoms with van der Waals surface area (Å²) in [5, 5.41) is 3.75. The molecule has 0 aliphatic carbocycles. The average Bonchev–Trinajstić information content (AvgIpc) is 2.11. The van der Waals surface area contributed by atoms with Crippen LogP contribution in [0.4, 0.5) is 0 Å². The van der Waals surface area contributed by atoms with Gasteiger partial charge in [-0.3, -0.25) is 9.36 Å². The minimum Gasteiger partial charge on any atom is -0.267 e. The van der Waals surface area contributed by atoms with Gasteiger partial charge in [-0.2, -0.15) is 5.10 Å². The van der Waals surface area contributed by atoms with Crippen molar-refractivity contribution in [3.63, 3.8) is 0 Å². The van der Waals surface area contributed by atoms with Crippen molar-refractivity contribution in [2.24, 2.45) is 0 Å². The number of aromatic nitrogens is 3. The minimum atomic E-state index is -0.333. The van der Waals surface area contributed by atoms with Gasteiger partial charge in [-0.05, 0) is 13.3 Å². The molecule has 0 aliphatic rings. The van der Waals surface area contributed by atoms with Gasteiger partial charge in [0, 0.05) is 13.1 Å². The van der Waals surface area contributed by atoms with Crippen LogP contribution in [0, 0.1) is 0 Å². The molecule has 5 heteroatoms. The second-order valence-electron chi connectivity index (χ2n) is 2.73. The first-order chi connectivity index (χ1) is 6.20. The van der Waals surface area contributed by atoms with Crippen molar-refractivity contribution < 1.29 is 0 Å². The van der Waals surface area contributed by atoms with Crippen molar-refractivity contribution in [3.8, 4) is 0 Å². The van der Waals surface area contributed by atoms with E-state index >= 15 is 0 Å². The summed E-state index contributed by atoms with van der Waals surface area (Å²) < 4.78 is 2.48. The quantitative estimate of drug-likeness (QED) is 0.654. The highest BCUT2D eigenvalue weighted by Crippen LogP contribution is 1.79. The van der Waals surface area contributed by atoms with Crippen LogP contribution in [0.15, 0.2) is 15.8 Å². The lowest BCUT2D eigenvalue weighted by molar-refractivity contribution is 0.496. The van der Waals surface area contributed by atoms with Crippen LogP contribution in [0.3, 0.4) is 0 Å². The Morgan fingerprint density at radius 1 is 1.38 bits per heavy atom. The fourth-order valence-electron chi connectivity index (χ4n) is 1.13. The molecule has 0 bridgehead atoms. The lowest BCUT2D eigenvalue weighted by Gasteiger charge is -2.04. The van der Waals surface area contributed by atoms with E-state index in [4.69, 9.17) is 0 Å². The maximum atomic E-state index is 11.5. The maximum absolute atomic E-state index is 11.5. The fourth-order valence-corrected chi connectivity index (χ4v) is 1.13. The van der Waals surface area contributed by atoms with E-state index < -0.39 is 0 Å². The third-order valence-corrected chi connectivity index (χ3v) is 1.78. The number of nitrogens with zero attached hydrogens (tertiary/aromatic N) is 3. The summed E-state index contributed by atoms with van der Waals surface area (Å²) in [7, 11) is 0. The monoisotopic (exact) mass is 183 g/mol. The molecular formula is C8H13N3O2. The van der Waals surface area contributed by atoms with Crippen LogP contribution in [0.5, 0.6) is 0 Å². The van der Waals surface area contributed by atoms with Crippen molar-refractivity contribution in [1.82, 2.24) is 14.3 Å². The summed E-state index contributed by atoms with van der Waals surface area (Å²) in [5.41, 5.74) is -0.656. The standard InChI is InChI=1S/C8H13N3O2/c1-3-5-11-8(13)10(4-2)7(12)6-9-11/h6H,3-5H2,1-2H3. The van der Waals surface area contributed by atoms with Gasteiger partial charge in [-0.1, -0.05) is 6.92 Å². The van der Waals surface area contributed by atoms with Gasteiger partial charge in [0.25, 0.3) is 5.56 Å². The molecule has 0 saturated heterocycles. The zero-order valence-corrected chi connectivity index (χ0v) is 7.86. The first-order valence-electron chi connectivity index (χ1n) is 4.37. The minimum absolute atomic E-state index is 0.322. The van der Waals surface area contributed by atoms with Crippen LogP contribution in [0.25, 0.3) is 0 Å². The predicted octanol–water partition coefficient (Wildman–Crippen LogP) is -0.165. The molecule has 5 nitrogen and oxygen atoms in total. The van der Waals surface area contributed by atoms with Crippen LogP contribution in [-0.4, -0.2) is 14.3 Å². The summed E-state index contributed by atoms with van der Waals surface area (Å²) in [4.78, 5) is 22.6. The molecule has 0 fully saturated rings. The molecule has 0 aromatic carbocycles. The molecule has 0 aliphatic heterocycles. The van der Waals surface area contributed by atoms with Crippen molar-refractivity contribution in [3.05, 3.63) is 27.0 Å². The van der Waals surface area contributed by atoms with Gasteiger partial charge >= 0.3 is 5.69 Å². The van der Waals surface area contributed by atoms with Crippen LogP contribution < -0.4 is 11.2 Å². The molecule has 0 spiro atoms. The summed E-state index contributed by atoms with van der Waals surface area (Å²) in [6.07, 6.45) is 2.01. The Balaban J connectivity index is 3.28. The topological polar surface area (TPSA) is 56.9 Å². The van der Waals surface area contributed by atoms with Gasteiger partial charge in [0.15, 0.2) is 0 Å². The van der Waals surface area contributed by atoms with Gasteiger partial charge in [0.1, 0.15) is 6.20 Å². The van der Waals surface area contributed by atoms with Crippen LogP contribution in [0.2, 0.25) is 0 Å². The van der Waals surface area contributed by atoms with Crippen LogP contribution >= 0.6 is 0 Å². The predicted molar refractivity (Wildman–Crippen MR) is 48.7 cm³/mol. The lowest BCUT2D eigenvalue weighted by Crippen LogP contribution is -2.40. The highest BCUT2D eigenvalue weighted by molar-refractivity contribution is 4.75. The molecule has 72 valence electrons. The van der Waals surface area contributed by atoms with E-state index in [9.17, 15) is 9.59 Å². The largest absolute Gasteiger partial charge is 0.347 e. The Bertz CT molecular complexity index is 391. The Kier molecular flexibility index (Phi) is 3.00. The van der Waals surface area contributed by atoms with Crippen molar-refractivity contribution in [1.29, 1.82) is 0 Å². The van der Waals surface area contributed by atoms with E-state index in [2.05, 4.69) is 5.10 Å². The summed E-state index contributed by atoms with van der Waals surface area (Å²) in [5.74, 6) is 0. The molecule has 1 rings (SSSR count). The van der Waals surface area contributed by atoms with Crippen LogP contribution in [0.1, 0.15) is 20.3 Å². The van der Waals surface area contributed by atoms with E-state index in [0.717, 1.165) is 6.42 Å². The molecule has 1 aromatic rings.